The van der Waals surface area contributed by atoms with Crippen molar-refractivity contribution in [3.63, 3.8) is 0 Å². The smallest absolute Gasteiger partial charge is 0.276 e. The average molecular weight is 329 g/mol. The van der Waals surface area contributed by atoms with Gasteiger partial charge in [0.2, 0.25) is 5.82 Å². The largest absolute Gasteiger partial charge is 0.483 e. The number of benzene rings is 2. The number of nitro groups is 1. The summed E-state index contributed by atoms with van der Waals surface area (Å²) in [6.07, 6.45) is 0. The molecular weight excluding hydrogens is 317 g/mol. The highest BCUT2D eigenvalue weighted by atomic mass is 19.1. The summed E-state index contributed by atoms with van der Waals surface area (Å²) in [7, 11) is 0. The summed E-state index contributed by atoms with van der Waals surface area (Å²) in [5.41, 5.74) is 1.00. The molecule has 2 aromatic carbocycles. The van der Waals surface area contributed by atoms with Crippen LogP contribution in [0.5, 0.6) is 5.75 Å². The molecule has 0 aliphatic carbocycles. The van der Waals surface area contributed by atoms with E-state index in [1.165, 1.54) is 36.4 Å². The summed E-state index contributed by atoms with van der Waals surface area (Å²) < 4.78 is 23.5. The van der Waals surface area contributed by atoms with Crippen LogP contribution in [0.4, 0.5) is 10.1 Å². The van der Waals surface area contributed by atoms with Gasteiger partial charge in [-0.2, -0.15) is 4.98 Å². The first-order valence-corrected chi connectivity index (χ1v) is 7.00. The Morgan fingerprint density at radius 1 is 1.25 bits per heavy atom. The van der Waals surface area contributed by atoms with Crippen molar-refractivity contribution in [2.24, 2.45) is 0 Å². The molecule has 0 saturated carbocycles. The van der Waals surface area contributed by atoms with Gasteiger partial charge in [-0.3, -0.25) is 10.1 Å². The lowest BCUT2D eigenvalue weighted by atomic mass is 10.2. The highest BCUT2D eigenvalue weighted by Crippen LogP contribution is 2.27. The molecule has 0 atom stereocenters. The van der Waals surface area contributed by atoms with Gasteiger partial charge >= 0.3 is 0 Å². The Morgan fingerprint density at radius 2 is 2.00 bits per heavy atom. The van der Waals surface area contributed by atoms with Gasteiger partial charge in [-0.15, -0.1) is 0 Å². The Morgan fingerprint density at radius 3 is 2.71 bits per heavy atom. The van der Waals surface area contributed by atoms with Gasteiger partial charge < -0.3 is 9.26 Å². The van der Waals surface area contributed by atoms with Crippen LogP contribution in [0.3, 0.4) is 0 Å². The number of halogens is 1. The highest BCUT2D eigenvalue weighted by molar-refractivity contribution is 5.53. The van der Waals surface area contributed by atoms with Crippen molar-refractivity contribution in [1.82, 2.24) is 10.1 Å². The minimum Gasteiger partial charge on any atom is -0.483 e. The van der Waals surface area contributed by atoms with E-state index in [4.69, 9.17) is 9.26 Å². The Kier molecular flexibility index (Phi) is 4.19. The second kappa shape index (κ2) is 6.45. The van der Waals surface area contributed by atoms with Crippen molar-refractivity contribution >= 4 is 5.69 Å². The Labute approximate surface area is 135 Å². The SMILES string of the molecule is Cc1c(OCc2nc(-c3ccc(F)cc3)no2)cccc1[N+](=O)[O-]. The molecule has 24 heavy (non-hydrogen) atoms. The van der Waals surface area contributed by atoms with E-state index in [0.717, 1.165) is 0 Å². The lowest BCUT2D eigenvalue weighted by molar-refractivity contribution is -0.385. The molecule has 0 unspecified atom stereocenters. The molecule has 7 nitrogen and oxygen atoms in total. The van der Waals surface area contributed by atoms with Gasteiger partial charge in [0.1, 0.15) is 11.6 Å². The van der Waals surface area contributed by atoms with Crippen LogP contribution >= 0.6 is 0 Å². The first-order chi connectivity index (χ1) is 11.5. The maximum atomic E-state index is 12.9. The monoisotopic (exact) mass is 329 g/mol. The van der Waals surface area contributed by atoms with E-state index in [1.54, 1.807) is 13.0 Å². The minimum atomic E-state index is -0.471. The molecule has 0 saturated heterocycles. The van der Waals surface area contributed by atoms with Gasteiger partial charge in [0.15, 0.2) is 6.61 Å². The Balaban J connectivity index is 1.73. The fourth-order valence-corrected chi connectivity index (χ4v) is 2.13. The zero-order valence-electron chi connectivity index (χ0n) is 12.6. The first-order valence-electron chi connectivity index (χ1n) is 7.00. The Bertz CT molecular complexity index is 877. The summed E-state index contributed by atoms with van der Waals surface area (Å²) in [5, 5.41) is 14.7. The number of rotatable bonds is 5. The van der Waals surface area contributed by atoms with Crippen LogP contribution in [0.25, 0.3) is 11.4 Å². The number of nitro benzene ring substituents is 1. The third kappa shape index (κ3) is 3.22. The average Bonchev–Trinajstić information content (AvgIpc) is 3.03. The number of nitrogens with zero attached hydrogens (tertiary/aromatic N) is 3. The van der Waals surface area contributed by atoms with E-state index >= 15 is 0 Å². The molecule has 0 N–H and O–H groups in total. The molecule has 1 aromatic heterocycles. The predicted molar refractivity (Wildman–Crippen MR) is 81.9 cm³/mol. The summed E-state index contributed by atoms with van der Waals surface area (Å²) in [5.74, 6) is 0.530. The summed E-state index contributed by atoms with van der Waals surface area (Å²) >= 11 is 0. The molecule has 0 radical (unpaired) electrons. The van der Waals surface area contributed by atoms with Crippen molar-refractivity contribution in [3.8, 4) is 17.1 Å². The van der Waals surface area contributed by atoms with Gasteiger partial charge in [0, 0.05) is 11.6 Å². The van der Waals surface area contributed by atoms with Crippen LogP contribution in [-0.2, 0) is 6.61 Å². The van der Waals surface area contributed by atoms with Crippen LogP contribution in [0, 0.1) is 22.9 Å². The summed E-state index contributed by atoms with van der Waals surface area (Å²) in [6.45, 7) is 1.57. The normalized spacial score (nSPS) is 10.6. The fourth-order valence-electron chi connectivity index (χ4n) is 2.13. The van der Waals surface area contributed by atoms with Crippen LogP contribution < -0.4 is 4.74 Å². The predicted octanol–water partition coefficient (Wildman–Crippen LogP) is 3.67. The maximum Gasteiger partial charge on any atom is 0.276 e. The molecule has 0 aliphatic heterocycles. The molecule has 0 fully saturated rings. The lowest BCUT2D eigenvalue weighted by Gasteiger charge is -2.06. The molecule has 0 aliphatic rings. The highest BCUT2D eigenvalue weighted by Gasteiger charge is 2.15. The lowest BCUT2D eigenvalue weighted by Crippen LogP contribution is -1.99. The quantitative estimate of drug-likeness (QED) is 0.524. The van der Waals surface area contributed by atoms with Crippen molar-refractivity contribution in [3.05, 3.63) is 69.9 Å². The summed E-state index contributed by atoms with van der Waals surface area (Å²) in [6, 6.07) is 10.2. The van der Waals surface area contributed by atoms with Gasteiger partial charge in [0.25, 0.3) is 11.6 Å². The van der Waals surface area contributed by atoms with E-state index in [-0.39, 0.29) is 24.0 Å². The number of ether oxygens (including phenoxy) is 1. The fraction of sp³-hybridized carbons (Fsp3) is 0.125. The maximum absolute atomic E-state index is 12.9. The van der Waals surface area contributed by atoms with Crippen LogP contribution in [0.2, 0.25) is 0 Å². The second-order valence-electron chi connectivity index (χ2n) is 4.96. The first kappa shape index (κ1) is 15.6. The third-order valence-electron chi connectivity index (χ3n) is 3.37. The molecule has 0 spiro atoms. The van der Waals surface area contributed by atoms with E-state index in [0.29, 0.717) is 22.7 Å². The zero-order valence-corrected chi connectivity index (χ0v) is 12.6. The third-order valence-corrected chi connectivity index (χ3v) is 3.37. The van der Waals surface area contributed by atoms with Gasteiger partial charge in [-0.1, -0.05) is 11.2 Å². The standard InChI is InChI=1S/C16H12FN3O4/c1-10-13(20(21)22)3-2-4-14(10)23-9-15-18-16(19-24-15)11-5-7-12(17)8-6-11/h2-8H,9H2,1H3. The van der Waals surface area contributed by atoms with E-state index in [9.17, 15) is 14.5 Å². The summed E-state index contributed by atoms with van der Waals surface area (Å²) in [4.78, 5) is 14.6. The van der Waals surface area contributed by atoms with Crippen molar-refractivity contribution in [1.29, 1.82) is 0 Å². The van der Waals surface area contributed by atoms with Gasteiger partial charge in [-0.05, 0) is 37.3 Å². The van der Waals surface area contributed by atoms with Crippen molar-refractivity contribution in [2.75, 3.05) is 0 Å². The molecule has 0 bridgehead atoms. The number of aromatic nitrogens is 2. The van der Waals surface area contributed by atoms with E-state index < -0.39 is 4.92 Å². The molecule has 3 rings (SSSR count). The Hall–Kier alpha value is -3.29. The molecular formula is C16H12FN3O4. The second-order valence-corrected chi connectivity index (χ2v) is 4.96. The van der Waals surface area contributed by atoms with Crippen LogP contribution in [0.15, 0.2) is 47.0 Å². The molecule has 1 heterocycles. The number of hydrogen-bond donors (Lipinski definition) is 0. The van der Waals surface area contributed by atoms with Crippen molar-refractivity contribution in [2.45, 2.75) is 13.5 Å². The molecule has 122 valence electrons. The van der Waals surface area contributed by atoms with Gasteiger partial charge in [-0.25, -0.2) is 4.39 Å². The number of hydrogen-bond acceptors (Lipinski definition) is 6. The van der Waals surface area contributed by atoms with E-state index in [2.05, 4.69) is 10.1 Å². The van der Waals surface area contributed by atoms with Crippen LogP contribution in [0.1, 0.15) is 11.5 Å². The zero-order chi connectivity index (χ0) is 17.1. The minimum absolute atomic E-state index is 0.0231. The molecule has 8 heteroatoms. The van der Waals surface area contributed by atoms with Crippen LogP contribution in [-0.4, -0.2) is 15.1 Å². The van der Waals surface area contributed by atoms with E-state index in [1.807, 2.05) is 0 Å². The molecule has 0 amide bonds. The topological polar surface area (TPSA) is 91.3 Å². The van der Waals surface area contributed by atoms with Crippen molar-refractivity contribution < 1.29 is 18.6 Å². The molecule has 3 aromatic rings. The van der Waals surface area contributed by atoms with Gasteiger partial charge in [0.05, 0.1) is 10.5 Å².